The van der Waals surface area contributed by atoms with Crippen molar-refractivity contribution in [1.29, 1.82) is 0 Å². The SMILES string of the molecule is COc1ccc2c(C(O)c3ccc(OCCN4CCCCC4)cc3)c(-c3ccc(OC)c(F)c3)sc2c1. The van der Waals surface area contributed by atoms with Gasteiger partial charge in [0.2, 0.25) is 0 Å². The van der Waals surface area contributed by atoms with Gasteiger partial charge in [0.05, 0.1) is 14.2 Å². The van der Waals surface area contributed by atoms with E-state index in [9.17, 15) is 9.50 Å². The number of aliphatic hydroxyl groups excluding tert-OH is 1. The summed E-state index contributed by atoms with van der Waals surface area (Å²) >= 11 is 1.50. The number of hydrogen-bond acceptors (Lipinski definition) is 6. The summed E-state index contributed by atoms with van der Waals surface area (Å²) in [7, 11) is 3.07. The van der Waals surface area contributed by atoms with Gasteiger partial charge in [0.1, 0.15) is 24.2 Å². The van der Waals surface area contributed by atoms with E-state index in [1.54, 1.807) is 13.2 Å². The Kier molecular flexibility index (Phi) is 7.93. The Morgan fingerprint density at radius 1 is 0.919 bits per heavy atom. The molecular weight excluding hydrogens is 489 g/mol. The molecule has 1 atom stereocenters. The molecule has 1 aliphatic heterocycles. The molecule has 0 bridgehead atoms. The summed E-state index contributed by atoms with van der Waals surface area (Å²) in [4.78, 5) is 3.25. The second kappa shape index (κ2) is 11.5. The van der Waals surface area contributed by atoms with Crippen LogP contribution in [0.1, 0.15) is 36.5 Å². The van der Waals surface area contributed by atoms with Crippen LogP contribution in [0.15, 0.2) is 60.7 Å². The maximum atomic E-state index is 14.6. The third kappa shape index (κ3) is 5.59. The van der Waals surface area contributed by atoms with Crippen LogP contribution in [0.5, 0.6) is 17.2 Å². The standard InChI is InChI=1S/C30H32FNO4S/c1-34-23-11-12-24-27(19-23)37-30(21-8-13-26(35-2)25(31)18-21)28(24)29(33)20-6-9-22(10-7-20)36-17-16-32-14-4-3-5-15-32/h6-13,18-19,29,33H,3-5,14-17H2,1-2H3. The fourth-order valence-corrected chi connectivity index (χ4v) is 6.17. The van der Waals surface area contributed by atoms with E-state index in [1.807, 2.05) is 48.5 Å². The molecule has 1 unspecified atom stereocenters. The van der Waals surface area contributed by atoms with E-state index in [1.165, 1.54) is 43.8 Å². The molecule has 3 aromatic carbocycles. The molecule has 4 aromatic rings. The molecule has 1 fully saturated rings. The number of piperidine rings is 1. The van der Waals surface area contributed by atoms with Gasteiger partial charge in [0.25, 0.3) is 0 Å². The number of nitrogens with zero attached hydrogens (tertiary/aromatic N) is 1. The number of thiophene rings is 1. The van der Waals surface area contributed by atoms with Gasteiger partial charge < -0.3 is 19.3 Å². The predicted molar refractivity (Wildman–Crippen MR) is 147 cm³/mol. The number of aliphatic hydroxyl groups is 1. The third-order valence-corrected chi connectivity index (χ3v) is 8.16. The van der Waals surface area contributed by atoms with Crippen LogP contribution in [0.25, 0.3) is 20.5 Å². The second-order valence-corrected chi connectivity index (χ2v) is 10.3. The Morgan fingerprint density at radius 3 is 2.38 bits per heavy atom. The van der Waals surface area contributed by atoms with Gasteiger partial charge in [-0.05, 0) is 91.0 Å². The van der Waals surface area contributed by atoms with Crippen LogP contribution in [-0.2, 0) is 0 Å². The van der Waals surface area contributed by atoms with Crippen LogP contribution < -0.4 is 14.2 Å². The third-order valence-electron chi connectivity index (χ3n) is 6.94. The number of rotatable bonds is 9. The van der Waals surface area contributed by atoms with Crippen molar-refractivity contribution in [2.45, 2.75) is 25.4 Å². The lowest BCUT2D eigenvalue weighted by Crippen LogP contribution is -2.33. The van der Waals surface area contributed by atoms with Crippen molar-refractivity contribution in [3.8, 4) is 27.7 Å². The van der Waals surface area contributed by atoms with E-state index >= 15 is 0 Å². The van der Waals surface area contributed by atoms with Gasteiger partial charge in [0, 0.05) is 21.7 Å². The average molecular weight is 522 g/mol. The number of fused-ring (bicyclic) bond motifs is 1. The minimum absolute atomic E-state index is 0.185. The monoisotopic (exact) mass is 521 g/mol. The normalized spacial score (nSPS) is 15.0. The highest BCUT2D eigenvalue weighted by Gasteiger charge is 2.23. The second-order valence-electron chi connectivity index (χ2n) is 9.28. The lowest BCUT2D eigenvalue weighted by Gasteiger charge is -2.26. The van der Waals surface area contributed by atoms with Crippen molar-refractivity contribution < 1.29 is 23.7 Å². The minimum Gasteiger partial charge on any atom is -0.497 e. The maximum Gasteiger partial charge on any atom is 0.165 e. The number of methoxy groups -OCH3 is 2. The van der Waals surface area contributed by atoms with E-state index in [0.29, 0.717) is 12.2 Å². The largest absolute Gasteiger partial charge is 0.497 e. The minimum atomic E-state index is -0.898. The van der Waals surface area contributed by atoms with Gasteiger partial charge in [-0.25, -0.2) is 4.39 Å². The van der Waals surface area contributed by atoms with Crippen molar-refractivity contribution >= 4 is 21.4 Å². The van der Waals surface area contributed by atoms with E-state index in [-0.39, 0.29) is 5.75 Å². The summed E-state index contributed by atoms with van der Waals surface area (Å²) in [5.41, 5.74) is 2.17. The van der Waals surface area contributed by atoms with Crippen molar-refractivity contribution in [3.05, 3.63) is 77.6 Å². The van der Waals surface area contributed by atoms with Crippen LogP contribution in [0.4, 0.5) is 4.39 Å². The molecule has 0 radical (unpaired) electrons. The van der Waals surface area contributed by atoms with Gasteiger partial charge in [-0.2, -0.15) is 0 Å². The molecule has 2 heterocycles. The summed E-state index contributed by atoms with van der Waals surface area (Å²) in [6, 6.07) is 18.3. The molecule has 1 aliphatic rings. The summed E-state index contributed by atoms with van der Waals surface area (Å²) in [6.45, 7) is 3.87. The zero-order valence-corrected chi connectivity index (χ0v) is 22.0. The van der Waals surface area contributed by atoms with E-state index < -0.39 is 11.9 Å². The molecule has 0 spiro atoms. The molecule has 194 valence electrons. The molecule has 7 heteroatoms. The highest BCUT2D eigenvalue weighted by Crippen LogP contribution is 2.45. The van der Waals surface area contributed by atoms with Gasteiger partial charge in [-0.1, -0.05) is 18.6 Å². The highest BCUT2D eigenvalue weighted by atomic mass is 32.1. The fraction of sp³-hybridized carbons (Fsp3) is 0.333. The quantitative estimate of drug-likeness (QED) is 0.267. The first-order valence-electron chi connectivity index (χ1n) is 12.6. The lowest BCUT2D eigenvalue weighted by atomic mass is 9.96. The number of ether oxygens (including phenoxy) is 3. The van der Waals surface area contributed by atoms with Crippen LogP contribution in [0.2, 0.25) is 0 Å². The molecular formula is C30H32FNO4S. The number of halogens is 1. The summed E-state index contributed by atoms with van der Waals surface area (Å²) in [6.07, 6.45) is 2.96. The topological polar surface area (TPSA) is 51.2 Å². The molecule has 0 saturated carbocycles. The first-order chi connectivity index (χ1) is 18.1. The number of benzene rings is 3. The predicted octanol–water partition coefficient (Wildman–Crippen LogP) is 6.67. The maximum absolute atomic E-state index is 14.6. The Bertz CT molecular complexity index is 1350. The Balaban J connectivity index is 1.42. The van der Waals surface area contributed by atoms with E-state index in [2.05, 4.69) is 4.90 Å². The molecule has 1 N–H and O–H groups in total. The van der Waals surface area contributed by atoms with Crippen LogP contribution in [-0.4, -0.2) is 50.5 Å². The van der Waals surface area contributed by atoms with E-state index in [4.69, 9.17) is 14.2 Å². The first kappa shape index (κ1) is 25.5. The van der Waals surface area contributed by atoms with Crippen LogP contribution in [0.3, 0.4) is 0 Å². The summed E-state index contributed by atoms with van der Waals surface area (Å²) in [5.74, 6) is 1.25. The number of likely N-dealkylation sites (tertiary alicyclic amines) is 1. The van der Waals surface area contributed by atoms with Crippen molar-refractivity contribution in [2.24, 2.45) is 0 Å². The summed E-state index contributed by atoms with van der Waals surface area (Å²) < 4.78 is 32.0. The summed E-state index contributed by atoms with van der Waals surface area (Å²) in [5, 5.41) is 12.5. The van der Waals surface area contributed by atoms with E-state index in [0.717, 1.165) is 57.2 Å². The molecule has 5 nitrogen and oxygen atoms in total. The van der Waals surface area contributed by atoms with Gasteiger partial charge in [-0.15, -0.1) is 11.3 Å². The lowest BCUT2D eigenvalue weighted by molar-refractivity contribution is 0.183. The molecule has 0 aliphatic carbocycles. The number of hydrogen-bond donors (Lipinski definition) is 1. The van der Waals surface area contributed by atoms with Gasteiger partial charge >= 0.3 is 0 Å². The fourth-order valence-electron chi connectivity index (χ4n) is 4.91. The Morgan fingerprint density at radius 2 is 1.68 bits per heavy atom. The zero-order valence-electron chi connectivity index (χ0n) is 21.2. The van der Waals surface area contributed by atoms with Crippen molar-refractivity contribution in [1.82, 2.24) is 4.90 Å². The average Bonchev–Trinajstić information content (AvgIpc) is 3.32. The zero-order chi connectivity index (χ0) is 25.8. The first-order valence-corrected chi connectivity index (χ1v) is 13.5. The van der Waals surface area contributed by atoms with Gasteiger partial charge in [-0.3, -0.25) is 4.90 Å². The molecule has 0 amide bonds. The molecule has 5 rings (SSSR count). The van der Waals surface area contributed by atoms with Crippen molar-refractivity contribution in [2.75, 3.05) is 40.5 Å². The molecule has 1 saturated heterocycles. The van der Waals surface area contributed by atoms with Crippen molar-refractivity contribution in [3.63, 3.8) is 0 Å². The van der Waals surface area contributed by atoms with Crippen LogP contribution in [0, 0.1) is 5.82 Å². The molecule has 37 heavy (non-hydrogen) atoms. The van der Waals surface area contributed by atoms with Gasteiger partial charge in [0.15, 0.2) is 11.6 Å². The highest BCUT2D eigenvalue weighted by molar-refractivity contribution is 7.22. The Labute approximate surface area is 221 Å². The van der Waals surface area contributed by atoms with Crippen LogP contribution >= 0.6 is 11.3 Å². The molecule has 1 aromatic heterocycles. The Hall–Kier alpha value is -3.13. The smallest absolute Gasteiger partial charge is 0.165 e.